The van der Waals surface area contributed by atoms with Crippen molar-refractivity contribution in [2.45, 2.75) is 32.1 Å². The maximum atomic E-state index is 12.7. The van der Waals surface area contributed by atoms with Gasteiger partial charge in [0.2, 0.25) is 0 Å². The molecule has 1 amide bonds. The number of aromatic nitrogens is 2. The summed E-state index contributed by atoms with van der Waals surface area (Å²) in [6.07, 6.45) is 6.50. The van der Waals surface area contributed by atoms with E-state index in [2.05, 4.69) is 15.3 Å². The van der Waals surface area contributed by atoms with E-state index in [4.69, 9.17) is 4.74 Å². The number of rotatable bonds is 3. The van der Waals surface area contributed by atoms with Gasteiger partial charge >= 0.3 is 5.97 Å². The lowest BCUT2D eigenvalue weighted by Gasteiger charge is -2.07. The van der Waals surface area contributed by atoms with Crippen molar-refractivity contribution in [3.63, 3.8) is 0 Å². The molecular formula is C20H19N3O3S. The van der Waals surface area contributed by atoms with Crippen molar-refractivity contribution in [2.75, 3.05) is 12.4 Å². The normalized spacial score (nSPS) is 13.7. The number of ether oxygens (including phenoxy) is 1. The van der Waals surface area contributed by atoms with E-state index < -0.39 is 5.97 Å². The highest BCUT2D eigenvalue weighted by molar-refractivity contribution is 7.17. The van der Waals surface area contributed by atoms with E-state index in [1.54, 1.807) is 0 Å². The van der Waals surface area contributed by atoms with Crippen molar-refractivity contribution < 1.29 is 14.3 Å². The average Bonchev–Trinajstić information content (AvgIpc) is 2.87. The molecule has 1 aliphatic carbocycles. The molecule has 0 unspecified atom stereocenters. The van der Waals surface area contributed by atoms with Crippen LogP contribution in [0.3, 0.4) is 0 Å². The predicted molar refractivity (Wildman–Crippen MR) is 104 cm³/mol. The fourth-order valence-corrected chi connectivity index (χ4v) is 4.65. The molecule has 27 heavy (non-hydrogen) atoms. The maximum Gasteiger partial charge on any atom is 0.341 e. The molecule has 7 heteroatoms. The number of amides is 1. The summed E-state index contributed by atoms with van der Waals surface area (Å²) in [7, 11) is 1.36. The second-order valence-electron chi connectivity index (χ2n) is 6.46. The zero-order valence-corrected chi connectivity index (χ0v) is 15.8. The summed E-state index contributed by atoms with van der Waals surface area (Å²) in [5.74, 6) is -0.788. The van der Waals surface area contributed by atoms with Gasteiger partial charge in [0.15, 0.2) is 0 Å². The number of fused-ring (bicyclic) bond motifs is 2. The SMILES string of the molecule is COC(=O)c1c(NC(=O)c2cnc3ccccc3n2)sc2c1CCCCC2. The second-order valence-corrected chi connectivity index (χ2v) is 7.56. The Morgan fingerprint density at radius 1 is 1.11 bits per heavy atom. The van der Waals surface area contributed by atoms with Crippen LogP contribution in [-0.4, -0.2) is 29.0 Å². The molecule has 0 atom stereocenters. The van der Waals surface area contributed by atoms with Crippen LogP contribution < -0.4 is 5.32 Å². The first kappa shape index (κ1) is 17.6. The van der Waals surface area contributed by atoms with E-state index in [0.29, 0.717) is 16.1 Å². The minimum Gasteiger partial charge on any atom is -0.465 e. The maximum absolute atomic E-state index is 12.7. The number of methoxy groups -OCH3 is 1. The number of esters is 1. The Kier molecular flexibility index (Phi) is 4.85. The van der Waals surface area contributed by atoms with Crippen LogP contribution in [0.4, 0.5) is 5.00 Å². The third-order valence-electron chi connectivity index (χ3n) is 4.72. The summed E-state index contributed by atoms with van der Waals surface area (Å²) in [5.41, 5.74) is 3.10. The molecule has 0 fully saturated rings. The number of anilines is 1. The Hall–Kier alpha value is -2.80. The molecular weight excluding hydrogens is 362 g/mol. The number of carbonyl (C=O) groups excluding carboxylic acids is 2. The predicted octanol–water partition coefficient (Wildman–Crippen LogP) is 4.00. The molecule has 0 radical (unpaired) electrons. The molecule has 4 rings (SSSR count). The van der Waals surface area contributed by atoms with Gasteiger partial charge in [-0.15, -0.1) is 11.3 Å². The molecule has 0 aliphatic heterocycles. The van der Waals surface area contributed by atoms with Gasteiger partial charge in [0.25, 0.3) is 5.91 Å². The first-order valence-corrected chi connectivity index (χ1v) is 9.75. The van der Waals surface area contributed by atoms with E-state index in [9.17, 15) is 9.59 Å². The van der Waals surface area contributed by atoms with Crippen LogP contribution in [0, 0.1) is 0 Å². The van der Waals surface area contributed by atoms with Crippen molar-refractivity contribution in [1.29, 1.82) is 0 Å². The van der Waals surface area contributed by atoms with Crippen LogP contribution in [0.2, 0.25) is 0 Å². The van der Waals surface area contributed by atoms with Gasteiger partial charge in [0, 0.05) is 4.88 Å². The van der Waals surface area contributed by atoms with Crippen LogP contribution >= 0.6 is 11.3 Å². The van der Waals surface area contributed by atoms with Crippen molar-refractivity contribution in [2.24, 2.45) is 0 Å². The highest BCUT2D eigenvalue weighted by atomic mass is 32.1. The van der Waals surface area contributed by atoms with E-state index in [0.717, 1.165) is 48.1 Å². The molecule has 138 valence electrons. The summed E-state index contributed by atoms with van der Waals surface area (Å²) in [6.45, 7) is 0. The fraction of sp³-hybridized carbons (Fsp3) is 0.300. The van der Waals surface area contributed by atoms with Crippen molar-refractivity contribution >= 4 is 39.2 Å². The van der Waals surface area contributed by atoms with E-state index in [1.165, 1.54) is 24.6 Å². The highest BCUT2D eigenvalue weighted by Crippen LogP contribution is 2.38. The molecule has 0 spiro atoms. The number of para-hydroxylation sites is 2. The van der Waals surface area contributed by atoms with Gasteiger partial charge in [-0.3, -0.25) is 9.78 Å². The fourth-order valence-electron chi connectivity index (χ4n) is 3.38. The molecule has 1 aromatic carbocycles. The number of thiophene rings is 1. The monoisotopic (exact) mass is 381 g/mol. The minimum absolute atomic E-state index is 0.216. The van der Waals surface area contributed by atoms with Crippen molar-refractivity contribution in [3.05, 3.63) is 52.2 Å². The standard InChI is InChI=1S/C20H19N3O3S/c1-26-20(25)17-12-7-3-2-4-10-16(12)27-19(17)23-18(24)15-11-21-13-8-5-6-9-14(13)22-15/h5-6,8-9,11H,2-4,7,10H2,1H3,(H,23,24). The van der Waals surface area contributed by atoms with Crippen LogP contribution in [0.25, 0.3) is 11.0 Å². The zero-order valence-electron chi connectivity index (χ0n) is 14.9. The van der Waals surface area contributed by atoms with Gasteiger partial charge in [0.05, 0.1) is 29.9 Å². The Morgan fingerprint density at radius 3 is 2.70 bits per heavy atom. The Balaban J connectivity index is 1.68. The van der Waals surface area contributed by atoms with Crippen molar-refractivity contribution in [1.82, 2.24) is 9.97 Å². The number of benzene rings is 1. The van der Waals surface area contributed by atoms with Crippen LogP contribution in [0.1, 0.15) is 50.5 Å². The van der Waals surface area contributed by atoms with Gasteiger partial charge in [-0.1, -0.05) is 18.6 Å². The molecule has 3 aromatic rings. The number of nitrogens with zero attached hydrogens (tertiary/aromatic N) is 2. The number of carbonyl (C=O) groups is 2. The van der Waals surface area contributed by atoms with E-state index in [1.807, 2.05) is 24.3 Å². The highest BCUT2D eigenvalue weighted by Gasteiger charge is 2.26. The molecule has 0 saturated carbocycles. The zero-order chi connectivity index (χ0) is 18.8. The largest absolute Gasteiger partial charge is 0.465 e. The third kappa shape index (κ3) is 3.42. The molecule has 2 heterocycles. The molecule has 0 saturated heterocycles. The summed E-state index contributed by atoms with van der Waals surface area (Å²) in [5, 5.41) is 3.40. The van der Waals surface area contributed by atoms with Gasteiger partial charge < -0.3 is 10.1 Å². The second kappa shape index (κ2) is 7.44. The lowest BCUT2D eigenvalue weighted by Crippen LogP contribution is -2.16. The molecule has 1 N–H and O–H groups in total. The van der Waals surface area contributed by atoms with Crippen LogP contribution in [0.15, 0.2) is 30.5 Å². The quantitative estimate of drug-likeness (QED) is 0.548. The Morgan fingerprint density at radius 2 is 1.89 bits per heavy atom. The topological polar surface area (TPSA) is 81.2 Å². The molecule has 0 bridgehead atoms. The summed E-state index contributed by atoms with van der Waals surface area (Å²) in [4.78, 5) is 34.9. The summed E-state index contributed by atoms with van der Waals surface area (Å²) < 4.78 is 4.98. The first-order valence-electron chi connectivity index (χ1n) is 8.93. The molecule has 6 nitrogen and oxygen atoms in total. The van der Waals surface area contributed by atoms with Gasteiger partial charge in [-0.25, -0.2) is 9.78 Å². The third-order valence-corrected chi connectivity index (χ3v) is 5.93. The minimum atomic E-state index is -0.408. The summed E-state index contributed by atoms with van der Waals surface area (Å²) >= 11 is 1.46. The lowest BCUT2D eigenvalue weighted by atomic mass is 10.1. The van der Waals surface area contributed by atoms with Gasteiger partial charge in [-0.2, -0.15) is 0 Å². The molecule has 1 aliphatic rings. The van der Waals surface area contributed by atoms with E-state index >= 15 is 0 Å². The first-order chi connectivity index (χ1) is 13.2. The van der Waals surface area contributed by atoms with Gasteiger partial charge in [0.1, 0.15) is 10.7 Å². The smallest absolute Gasteiger partial charge is 0.341 e. The number of aryl methyl sites for hydroxylation is 1. The average molecular weight is 381 g/mol. The summed E-state index contributed by atoms with van der Waals surface area (Å²) in [6, 6.07) is 7.38. The number of nitrogens with one attached hydrogen (secondary N) is 1. The number of hydrogen-bond acceptors (Lipinski definition) is 6. The van der Waals surface area contributed by atoms with Gasteiger partial charge in [-0.05, 0) is 43.4 Å². The van der Waals surface area contributed by atoms with Crippen LogP contribution in [-0.2, 0) is 17.6 Å². The Labute approximate surface area is 160 Å². The lowest BCUT2D eigenvalue weighted by molar-refractivity contribution is 0.0601. The van der Waals surface area contributed by atoms with Crippen molar-refractivity contribution in [3.8, 4) is 0 Å². The molecule has 2 aromatic heterocycles. The van der Waals surface area contributed by atoms with E-state index in [-0.39, 0.29) is 11.6 Å². The Bertz CT molecular complexity index is 1030. The number of hydrogen-bond donors (Lipinski definition) is 1. The van der Waals surface area contributed by atoms with Crippen LogP contribution in [0.5, 0.6) is 0 Å².